The first-order valence-corrected chi connectivity index (χ1v) is 9.15. The highest BCUT2D eigenvalue weighted by Gasteiger charge is 2.17. The van der Waals surface area contributed by atoms with E-state index in [0.717, 1.165) is 25.1 Å². The Bertz CT molecular complexity index is 554. The molecule has 0 aliphatic heterocycles. The number of rotatable bonds is 7. The van der Waals surface area contributed by atoms with E-state index in [4.69, 9.17) is 0 Å². The molecule has 116 valence electrons. The summed E-state index contributed by atoms with van der Waals surface area (Å²) in [6.07, 6.45) is 4.15. The van der Waals surface area contributed by atoms with Crippen molar-refractivity contribution in [1.82, 2.24) is 15.1 Å². The van der Waals surface area contributed by atoms with Crippen molar-refractivity contribution >= 4 is 27.3 Å². The molecule has 2 rings (SSSR count). The van der Waals surface area contributed by atoms with Gasteiger partial charge in [0.2, 0.25) is 0 Å². The average molecular weight is 370 g/mol. The summed E-state index contributed by atoms with van der Waals surface area (Å²) in [5, 5.41) is 8.34. The van der Waals surface area contributed by atoms with Crippen LogP contribution < -0.4 is 5.32 Å². The highest BCUT2D eigenvalue weighted by Crippen LogP contribution is 2.32. The number of aromatic nitrogens is 2. The maximum Gasteiger partial charge on any atom is 0.0731 e. The minimum atomic E-state index is 0.343. The largest absolute Gasteiger partial charge is 0.309 e. The number of halogens is 1. The van der Waals surface area contributed by atoms with Crippen LogP contribution >= 0.6 is 27.3 Å². The zero-order valence-electron chi connectivity index (χ0n) is 13.2. The van der Waals surface area contributed by atoms with E-state index in [2.05, 4.69) is 72.4 Å². The van der Waals surface area contributed by atoms with E-state index >= 15 is 0 Å². The van der Waals surface area contributed by atoms with E-state index in [9.17, 15) is 0 Å². The predicted octanol–water partition coefficient (Wildman–Crippen LogP) is 4.88. The van der Waals surface area contributed by atoms with Crippen LogP contribution in [-0.4, -0.2) is 16.3 Å². The zero-order chi connectivity index (χ0) is 15.4. The Kier molecular flexibility index (Phi) is 6.02. The van der Waals surface area contributed by atoms with Crippen LogP contribution in [0.15, 0.2) is 22.1 Å². The maximum atomic E-state index is 4.68. The molecule has 0 radical (unpaired) electrons. The lowest BCUT2D eigenvalue weighted by molar-refractivity contribution is 0.503. The number of hydrogen-bond acceptors (Lipinski definition) is 3. The summed E-state index contributed by atoms with van der Waals surface area (Å²) in [6, 6.07) is 5.17. The molecular weight excluding hydrogens is 346 g/mol. The molecule has 3 nitrogen and oxygen atoms in total. The third-order valence-corrected chi connectivity index (χ3v) is 5.72. The molecule has 21 heavy (non-hydrogen) atoms. The molecule has 2 aromatic rings. The van der Waals surface area contributed by atoms with E-state index in [1.54, 1.807) is 0 Å². The van der Waals surface area contributed by atoms with Gasteiger partial charge in [-0.1, -0.05) is 6.92 Å². The molecule has 0 fully saturated rings. The van der Waals surface area contributed by atoms with Gasteiger partial charge in [0.05, 0.1) is 9.48 Å². The Morgan fingerprint density at radius 2 is 2.19 bits per heavy atom. The Labute approximate surface area is 139 Å². The monoisotopic (exact) mass is 369 g/mol. The average Bonchev–Trinajstić information content (AvgIpc) is 3.02. The van der Waals surface area contributed by atoms with Gasteiger partial charge in [-0.15, -0.1) is 11.3 Å². The van der Waals surface area contributed by atoms with Crippen molar-refractivity contribution in [3.05, 3.63) is 38.3 Å². The predicted molar refractivity (Wildman–Crippen MR) is 94.1 cm³/mol. The van der Waals surface area contributed by atoms with Gasteiger partial charge < -0.3 is 5.32 Å². The molecule has 0 aliphatic rings. The van der Waals surface area contributed by atoms with Gasteiger partial charge in [-0.2, -0.15) is 5.10 Å². The number of nitrogens with zero attached hydrogens (tertiary/aromatic N) is 2. The smallest absolute Gasteiger partial charge is 0.0731 e. The number of nitrogens with one attached hydrogen (secondary N) is 1. The molecule has 0 bridgehead atoms. The van der Waals surface area contributed by atoms with Crippen molar-refractivity contribution in [2.45, 2.75) is 52.6 Å². The number of thiophene rings is 1. The molecule has 1 unspecified atom stereocenters. The Morgan fingerprint density at radius 1 is 1.43 bits per heavy atom. The molecule has 5 heteroatoms. The van der Waals surface area contributed by atoms with E-state index in [1.165, 1.54) is 14.2 Å². The summed E-state index contributed by atoms with van der Waals surface area (Å²) < 4.78 is 3.26. The van der Waals surface area contributed by atoms with E-state index in [1.807, 2.05) is 16.0 Å². The molecule has 1 atom stereocenters. The van der Waals surface area contributed by atoms with Crippen molar-refractivity contribution < 1.29 is 0 Å². The van der Waals surface area contributed by atoms with Crippen molar-refractivity contribution in [1.29, 1.82) is 0 Å². The third-order valence-electron chi connectivity index (χ3n) is 3.47. The van der Waals surface area contributed by atoms with E-state index < -0.39 is 0 Å². The Balaban J connectivity index is 2.15. The second-order valence-electron chi connectivity index (χ2n) is 5.70. The highest BCUT2D eigenvalue weighted by atomic mass is 79.9. The molecule has 0 amide bonds. The first kappa shape index (κ1) is 16.7. The molecule has 2 heterocycles. The molecule has 0 spiro atoms. The second kappa shape index (κ2) is 7.56. The van der Waals surface area contributed by atoms with Gasteiger partial charge >= 0.3 is 0 Å². The minimum Gasteiger partial charge on any atom is -0.309 e. The lowest BCUT2D eigenvalue weighted by Crippen LogP contribution is -2.23. The van der Waals surface area contributed by atoms with Gasteiger partial charge in [0.25, 0.3) is 0 Å². The molecule has 2 aromatic heterocycles. The van der Waals surface area contributed by atoms with Crippen LogP contribution in [-0.2, 0) is 6.42 Å². The summed E-state index contributed by atoms with van der Waals surface area (Å²) in [7, 11) is 0. The van der Waals surface area contributed by atoms with Gasteiger partial charge in [0.1, 0.15) is 0 Å². The molecule has 0 saturated heterocycles. The third kappa shape index (κ3) is 4.41. The molecule has 0 aromatic carbocycles. The summed E-state index contributed by atoms with van der Waals surface area (Å²) in [5.74, 6) is 0. The van der Waals surface area contributed by atoms with Gasteiger partial charge in [0.15, 0.2) is 0 Å². The van der Waals surface area contributed by atoms with Gasteiger partial charge in [-0.3, -0.25) is 4.68 Å². The van der Waals surface area contributed by atoms with Crippen LogP contribution in [0.2, 0.25) is 0 Å². The summed E-state index contributed by atoms with van der Waals surface area (Å²) >= 11 is 5.46. The van der Waals surface area contributed by atoms with Crippen LogP contribution in [0.25, 0.3) is 0 Å². The topological polar surface area (TPSA) is 29.9 Å². The van der Waals surface area contributed by atoms with Crippen molar-refractivity contribution in [2.24, 2.45) is 0 Å². The van der Waals surface area contributed by atoms with Crippen LogP contribution in [0.4, 0.5) is 0 Å². The van der Waals surface area contributed by atoms with Crippen LogP contribution in [0.1, 0.15) is 55.4 Å². The fourth-order valence-corrected chi connectivity index (χ4v) is 3.88. The molecule has 0 aliphatic carbocycles. The second-order valence-corrected chi connectivity index (χ2v) is 8.10. The fourth-order valence-electron chi connectivity index (χ4n) is 2.23. The highest BCUT2D eigenvalue weighted by molar-refractivity contribution is 9.11. The number of hydrogen-bond donors (Lipinski definition) is 1. The van der Waals surface area contributed by atoms with Crippen molar-refractivity contribution in [3.63, 3.8) is 0 Å². The molecule has 1 N–H and O–H groups in total. The minimum absolute atomic E-state index is 0.343. The fraction of sp³-hybridized carbons (Fsp3) is 0.562. The lowest BCUT2D eigenvalue weighted by Gasteiger charge is -2.16. The Hall–Kier alpha value is -0.650. The standard InChI is InChI=1S/C16H24BrN3S/c1-5-7-18-14(15-9-12(4)16(17)21-15)10-13-6-8-20(19-13)11(2)3/h6,8-9,11,14,18H,5,7,10H2,1-4H3. The first-order chi connectivity index (χ1) is 10.0. The summed E-state index contributed by atoms with van der Waals surface area (Å²) in [6.45, 7) is 9.69. The van der Waals surface area contributed by atoms with Crippen molar-refractivity contribution in [3.8, 4) is 0 Å². The summed E-state index contributed by atoms with van der Waals surface area (Å²) in [5.41, 5.74) is 2.46. The normalized spacial score (nSPS) is 13.0. The van der Waals surface area contributed by atoms with Crippen LogP contribution in [0, 0.1) is 6.92 Å². The van der Waals surface area contributed by atoms with Gasteiger partial charge in [-0.25, -0.2) is 0 Å². The molecular formula is C16H24BrN3S. The number of aryl methyl sites for hydroxylation is 1. The van der Waals surface area contributed by atoms with E-state index in [0.29, 0.717) is 12.1 Å². The lowest BCUT2D eigenvalue weighted by atomic mass is 10.1. The van der Waals surface area contributed by atoms with Crippen molar-refractivity contribution in [2.75, 3.05) is 6.54 Å². The molecule has 0 saturated carbocycles. The SMILES string of the molecule is CCCNC(Cc1ccn(C(C)C)n1)c1cc(C)c(Br)s1. The first-order valence-electron chi connectivity index (χ1n) is 7.54. The van der Waals surface area contributed by atoms with Crippen LogP contribution in [0.5, 0.6) is 0 Å². The van der Waals surface area contributed by atoms with Gasteiger partial charge in [-0.05, 0) is 67.4 Å². The zero-order valence-corrected chi connectivity index (χ0v) is 15.6. The van der Waals surface area contributed by atoms with Crippen LogP contribution in [0.3, 0.4) is 0 Å². The maximum absolute atomic E-state index is 4.68. The Morgan fingerprint density at radius 3 is 2.71 bits per heavy atom. The van der Waals surface area contributed by atoms with Gasteiger partial charge in [0, 0.05) is 29.6 Å². The quantitative estimate of drug-likeness (QED) is 0.753. The van der Waals surface area contributed by atoms with E-state index in [-0.39, 0.29) is 0 Å². The summed E-state index contributed by atoms with van der Waals surface area (Å²) in [4.78, 5) is 1.38.